The number of aryl methyl sites for hydroxylation is 2. The third-order valence-corrected chi connectivity index (χ3v) is 3.40. The van der Waals surface area contributed by atoms with E-state index in [1.54, 1.807) is 24.3 Å². The lowest BCUT2D eigenvalue weighted by molar-refractivity contribution is -0.142. The van der Waals surface area contributed by atoms with Crippen LogP contribution in [0.25, 0.3) is 0 Å². The van der Waals surface area contributed by atoms with Gasteiger partial charge >= 0.3 is 5.97 Å². The number of methoxy groups -OCH3 is 1. The van der Waals surface area contributed by atoms with Crippen molar-refractivity contribution < 1.29 is 19.4 Å². The molecule has 1 atom stereocenters. The molecule has 0 aliphatic heterocycles. The van der Waals surface area contributed by atoms with E-state index < -0.39 is 17.9 Å². The maximum absolute atomic E-state index is 12.1. The molecule has 2 N–H and O–H groups in total. The van der Waals surface area contributed by atoms with Gasteiger partial charge in [0.2, 0.25) is 5.91 Å². The number of nitrogens with zero attached hydrogens (tertiary/aromatic N) is 2. The Balaban J connectivity index is 2.10. The second-order valence-corrected chi connectivity index (χ2v) is 5.20. The molecule has 0 aliphatic rings. The Kier molecular flexibility index (Phi) is 5.00. The van der Waals surface area contributed by atoms with Crippen molar-refractivity contribution in [2.24, 2.45) is 0 Å². The van der Waals surface area contributed by atoms with Crippen LogP contribution in [0.5, 0.6) is 5.75 Å². The van der Waals surface area contributed by atoms with Crippen LogP contribution in [0.1, 0.15) is 23.0 Å². The average molecular weight is 317 g/mol. The molecule has 0 saturated carbocycles. The van der Waals surface area contributed by atoms with Gasteiger partial charge in [-0.25, -0.2) is 4.79 Å². The van der Waals surface area contributed by atoms with Crippen LogP contribution in [0.15, 0.2) is 30.3 Å². The average Bonchev–Trinajstić information content (AvgIpc) is 2.82. The summed E-state index contributed by atoms with van der Waals surface area (Å²) in [6.07, 6.45) is 0. The Morgan fingerprint density at radius 3 is 2.43 bits per heavy atom. The number of nitrogens with one attached hydrogen (secondary N) is 1. The number of rotatable bonds is 6. The van der Waals surface area contributed by atoms with Crippen LogP contribution in [0.2, 0.25) is 0 Å². The van der Waals surface area contributed by atoms with E-state index >= 15 is 0 Å². The second-order valence-electron chi connectivity index (χ2n) is 5.20. The predicted molar refractivity (Wildman–Crippen MR) is 83.2 cm³/mol. The molecule has 1 aromatic carbocycles. The fraction of sp³-hybridized carbons (Fsp3) is 0.312. The molecule has 7 nitrogen and oxygen atoms in total. The molecule has 0 saturated heterocycles. The molecule has 23 heavy (non-hydrogen) atoms. The Hall–Kier alpha value is -2.83. The number of aliphatic carboxylic acids is 1. The van der Waals surface area contributed by atoms with Gasteiger partial charge in [-0.05, 0) is 37.6 Å². The van der Waals surface area contributed by atoms with Crippen molar-refractivity contribution >= 4 is 11.9 Å². The molecule has 0 fully saturated rings. The van der Waals surface area contributed by atoms with Gasteiger partial charge in [0.1, 0.15) is 12.3 Å². The maximum atomic E-state index is 12.1. The van der Waals surface area contributed by atoms with Crippen molar-refractivity contribution in [2.75, 3.05) is 7.11 Å². The standard InChI is InChI=1S/C16H19N3O4/c1-10-8-11(2)19(18-10)9-14(20)17-15(16(21)22)12-4-6-13(23-3)7-5-12/h4-8,15H,9H2,1-3H3,(H,17,20)(H,21,22). The number of carbonyl (C=O) groups excluding carboxylic acids is 1. The number of ether oxygens (including phenoxy) is 1. The number of aromatic nitrogens is 2. The first kappa shape index (κ1) is 16.5. The van der Waals surface area contributed by atoms with Gasteiger partial charge in [-0.15, -0.1) is 0 Å². The van der Waals surface area contributed by atoms with Crippen LogP contribution in [-0.2, 0) is 16.1 Å². The van der Waals surface area contributed by atoms with E-state index in [1.165, 1.54) is 11.8 Å². The minimum atomic E-state index is -1.13. The molecule has 2 rings (SSSR count). The monoisotopic (exact) mass is 317 g/mol. The lowest BCUT2D eigenvalue weighted by Gasteiger charge is -2.15. The Morgan fingerprint density at radius 1 is 1.30 bits per heavy atom. The summed E-state index contributed by atoms with van der Waals surface area (Å²) in [5.41, 5.74) is 2.12. The highest BCUT2D eigenvalue weighted by Gasteiger charge is 2.22. The van der Waals surface area contributed by atoms with Crippen molar-refractivity contribution in [1.29, 1.82) is 0 Å². The first-order valence-corrected chi connectivity index (χ1v) is 7.08. The quantitative estimate of drug-likeness (QED) is 0.841. The molecule has 2 aromatic rings. The minimum Gasteiger partial charge on any atom is -0.497 e. The smallest absolute Gasteiger partial charge is 0.330 e. The second kappa shape index (κ2) is 6.95. The van der Waals surface area contributed by atoms with Gasteiger partial charge < -0.3 is 15.2 Å². The summed E-state index contributed by atoms with van der Waals surface area (Å²) in [7, 11) is 1.53. The van der Waals surface area contributed by atoms with E-state index in [4.69, 9.17) is 4.74 Å². The Morgan fingerprint density at radius 2 is 1.96 bits per heavy atom. The Bertz CT molecular complexity index is 707. The SMILES string of the molecule is COc1ccc(C(NC(=O)Cn2nc(C)cc2C)C(=O)O)cc1. The fourth-order valence-corrected chi connectivity index (χ4v) is 2.26. The minimum absolute atomic E-state index is 0.0282. The molecule has 7 heteroatoms. The van der Waals surface area contributed by atoms with Gasteiger partial charge in [0.15, 0.2) is 6.04 Å². The predicted octanol–water partition coefficient (Wildman–Crippen LogP) is 1.45. The highest BCUT2D eigenvalue weighted by Crippen LogP contribution is 2.18. The third-order valence-electron chi connectivity index (χ3n) is 3.40. The van der Waals surface area contributed by atoms with Crippen LogP contribution in [0, 0.1) is 13.8 Å². The van der Waals surface area contributed by atoms with Gasteiger partial charge in [-0.1, -0.05) is 12.1 Å². The first-order valence-electron chi connectivity index (χ1n) is 7.08. The summed E-state index contributed by atoms with van der Waals surface area (Å²) < 4.78 is 6.58. The molecule has 1 unspecified atom stereocenters. The molecule has 122 valence electrons. The van der Waals surface area contributed by atoms with E-state index in [0.717, 1.165) is 11.4 Å². The van der Waals surface area contributed by atoms with Gasteiger partial charge in [0, 0.05) is 5.69 Å². The van der Waals surface area contributed by atoms with E-state index in [2.05, 4.69) is 10.4 Å². The largest absolute Gasteiger partial charge is 0.497 e. The summed E-state index contributed by atoms with van der Waals surface area (Å²) in [5, 5.41) is 16.1. The zero-order valence-electron chi connectivity index (χ0n) is 13.2. The maximum Gasteiger partial charge on any atom is 0.330 e. The highest BCUT2D eigenvalue weighted by atomic mass is 16.5. The van der Waals surface area contributed by atoms with Crippen LogP contribution in [0.3, 0.4) is 0 Å². The summed E-state index contributed by atoms with van der Waals surface area (Å²) >= 11 is 0. The van der Waals surface area contributed by atoms with E-state index in [9.17, 15) is 14.7 Å². The highest BCUT2D eigenvalue weighted by molar-refractivity contribution is 5.84. The van der Waals surface area contributed by atoms with Crippen LogP contribution >= 0.6 is 0 Å². The lowest BCUT2D eigenvalue weighted by Crippen LogP contribution is -2.36. The number of benzene rings is 1. The summed E-state index contributed by atoms with van der Waals surface area (Å²) in [6, 6.07) is 7.26. The van der Waals surface area contributed by atoms with Gasteiger partial charge in [-0.3, -0.25) is 9.48 Å². The molecule has 1 aromatic heterocycles. The van der Waals surface area contributed by atoms with Crippen LogP contribution in [0.4, 0.5) is 0 Å². The van der Waals surface area contributed by atoms with Crippen molar-refractivity contribution in [2.45, 2.75) is 26.4 Å². The molecular formula is C16H19N3O4. The van der Waals surface area contributed by atoms with Crippen LogP contribution in [-0.4, -0.2) is 33.9 Å². The van der Waals surface area contributed by atoms with E-state index in [1.807, 2.05) is 19.9 Å². The number of hydrogen-bond acceptors (Lipinski definition) is 4. The molecule has 0 bridgehead atoms. The molecule has 1 heterocycles. The Labute approximate surface area is 133 Å². The van der Waals surface area contributed by atoms with Gasteiger partial charge in [-0.2, -0.15) is 5.10 Å². The zero-order chi connectivity index (χ0) is 17.0. The third kappa shape index (κ3) is 4.09. The summed E-state index contributed by atoms with van der Waals surface area (Å²) in [5.74, 6) is -0.928. The van der Waals surface area contributed by atoms with Gasteiger partial charge in [0.05, 0.1) is 12.8 Å². The van der Waals surface area contributed by atoms with Crippen molar-refractivity contribution in [3.8, 4) is 5.75 Å². The van der Waals surface area contributed by atoms with Gasteiger partial charge in [0.25, 0.3) is 0 Å². The van der Waals surface area contributed by atoms with Crippen molar-refractivity contribution in [3.05, 3.63) is 47.3 Å². The molecule has 0 spiro atoms. The first-order chi connectivity index (χ1) is 10.9. The number of hydrogen-bond donors (Lipinski definition) is 2. The number of amides is 1. The molecule has 0 radical (unpaired) electrons. The van der Waals surface area contributed by atoms with Crippen molar-refractivity contribution in [1.82, 2.24) is 15.1 Å². The normalized spacial score (nSPS) is 11.8. The van der Waals surface area contributed by atoms with E-state index in [0.29, 0.717) is 11.3 Å². The topological polar surface area (TPSA) is 93.5 Å². The number of carbonyl (C=O) groups is 2. The summed E-state index contributed by atoms with van der Waals surface area (Å²) in [4.78, 5) is 23.6. The summed E-state index contributed by atoms with van der Waals surface area (Å²) in [6.45, 7) is 3.64. The molecular weight excluding hydrogens is 298 g/mol. The van der Waals surface area contributed by atoms with Crippen molar-refractivity contribution in [3.63, 3.8) is 0 Å². The zero-order valence-corrected chi connectivity index (χ0v) is 13.2. The number of carboxylic acids is 1. The number of carboxylic acid groups (broad SMARTS) is 1. The molecule has 1 amide bonds. The lowest BCUT2D eigenvalue weighted by atomic mass is 10.1. The fourth-order valence-electron chi connectivity index (χ4n) is 2.26. The molecule has 0 aliphatic carbocycles. The van der Waals surface area contributed by atoms with Crippen LogP contribution < -0.4 is 10.1 Å². The van der Waals surface area contributed by atoms with E-state index in [-0.39, 0.29) is 6.54 Å².